The van der Waals surface area contributed by atoms with Crippen molar-refractivity contribution < 1.29 is 60.7 Å². The van der Waals surface area contributed by atoms with Crippen LogP contribution >= 0.6 is 0 Å². The molecule has 0 aromatic carbocycles. The van der Waals surface area contributed by atoms with Crippen LogP contribution in [0.5, 0.6) is 0 Å². The SMILES string of the molecule is C=CC(=O)[O-].C=CC(=O)[O-].C=CC(=O)[O-].C=CC(=O)[O-].[W]. The van der Waals surface area contributed by atoms with Gasteiger partial charge in [0.15, 0.2) is 0 Å². The van der Waals surface area contributed by atoms with Gasteiger partial charge in [-0.05, 0) is 24.3 Å². The van der Waals surface area contributed by atoms with Gasteiger partial charge in [0, 0.05) is 21.1 Å². The Bertz CT molecular complexity index is 301. The average Bonchev–Trinajstić information content (AvgIpc) is 2.40. The molecule has 0 atom stereocenters. The van der Waals surface area contributed by atoms with Gasteiger partial charge < -0.3 is 39.6 Å². The van der Waals surface area contributed by atoms with Crippen molar-refractivity contribution in [2.24, 2.45) is 0 Å². The van der Waals surface area contributed by atoms with E-state index in [-0.39, 0.29) is 21.1 Å². The van der Waals surface area contributed by atoms with Gasteiger partial charge in [-0.15, -0.1) is 0 Å². The number of carbonyl (C=O) groups is 4. The number of hydrogen-bond donors (Lipinski definition) is 0. The van der Waals surface area contributed by atoms with Crippen LogP contribution in [0.4, 0.5) is 0 Å². The number of carbonyl (C=O) groups excluding carboxylic acids is 4. The van der Waals surface area contributed by atoms with Crippen LogP contribution in [0.25, 0.3) is 0 Å². The molecule has 0 aliphatic heterocycles. The second-order valence-electron chi connectivity index (χ2n) is 2.09. The van der Waals surface area contributed by atoms with E-state index in [4.69, 9.17) is 39.6 Å². The van der Waals surface area contributed by atoms with Gasteiger partial charge in [-0.25, -0.2) is 0 Å². The van der Waals surface area contributed by atoms with E-state index in [2.05, 4.69) is 26.3 Å². The summed E-state index contributed by atoms with van der Waals surface area (Å²) in [6, 6.07) is 0. The molecule has 8 nitrogen and oxygen atoms in total. The van der Waals surface area contributed by atoms with Gasteiger partial charge in [0.2, 0.25) is 0 Å². The Kier molecular flexibility index (Phi) is 38.8. The third kappa shape index (κ3) is 138. The molecular weight excluding hydrogens is 456 g/mol. The minimum absolute atomic E-state index is 0. The summed E-state index contributed by atoms with van der Waals surface area (Å²) < 4.78 is 0. The first-order valence-electron chi connectivity index (χ1n) is 4.42. The molecule has 9 heteroatoms. The molecule has 0 fully saturated rings. The van der Waals surface area contributed by atoms with E-state index in [1.165, 1.54) is 0 Å². The molecule has 118 valence electrons. The molecule has 0 aliphatic carbocycles. The van der Waals surface area contributed by atoms with Crippen LogP contribution < -0.4 is 20.4 Å². The van der Waals surface area contributed by atoms with Crippen LogP contribution in [0, 0.1) is 0 Å². The quantitative estimate of drug-likeness (QED) is 0.375. The van der Waals surface area contributed by atoms with Gasteiger partial charge in [0.05, 0.1) is 23.9 Å². The monoisotopic (exact) mass is 468 g/mol. The number of rotatable bonds is 4. The summed E-state index contributed by atoms with van der Waals surface area (Å²) in [5.74, 6) is -4.93. The number of carboxylic acid groups (broad SMARTS) is 4. The van der Waals surface area contributed by atoms with Crippen LogP contribution in [0.3, 0.4) is 0 Å². The minimum atomic E-state index is -1.23. The predicted molar refractivity (Wildman–Crippen MR) is 60.8 cm³/mol. The number of hydrogen-bond acceptors (Lipinski definition) is 8. The van der Waals surface area contributed by atoms with E-state index in [1.807, 2.05) is 0 Å². The largest absolute Gasteiger partial charge is 0.545 e. The van der Waals surface area contributed by atoms with Crippen LogP contribution in [-0.4, -0.2) is 23.9 Å². The number of carboxylic acids is 4. The maximum atomic E-state index is 9.14. The second-order valence-corrected chi connectivity index (χ2v) is 2.09. The Morgan fingerprint density at radius 2 is 0.571 bits per heavy atom. The van der Waals surface area contributed by atoms with Crippen LogP contribution in [0.1, 0.15) is 0 Å². The first-order chi connectivity index (χ1) is 9.08. The molecule has 0 aromatic heterocycles. The summed E-state index contributed by atoms with van der Waals surface area (Å²) in [5.41, 5.74) is 0. The first-order valence-corrected chi connectivity index (χ1v) is 4.42. The summed E-state index contributed by atoms with van der Waals surface area (Å²) in [6.07, 6.45) is 2.89. The molecule has 0 unspecified atom stereocenters. The van der Waals surface area contributed by atoms with E-state index in [9.17, 15) is 0 Å². The molecule has 0 rings (SSSR count). The zero-order valence-electron chi connectivity index (χ0n) is 10.8. The van der Waals surface area contributed by atoms with Crippen molar-refractivity contribution >= 4 is 23.9 Å². The zero-order valence-corrected chi connectivity index (χ0v) is 13.7. The van der Waals surface area contributed by atoms with Crippen LogP contribution in [0.2, 0.25) is 0 Å². The molecule has 0 aliphatic rings. The molecule has 0 saturated heterocycles. The van der Waals surface area contributed by atoms with E-state index in [0.717, 1.165) is 24.3 Å². The van der Waals surface area contributed by atoms with Crippen molar-refractivity contribution in [3.05, 3.63) is 50.6 Å². The van der Waals surface area contributed by atoms with E-state index >= 15 is 0 Å². The fourth-order valence-corrected chi connectivity index (χ4v) is 0. The molecule has 0 N–H and O–H groups in total. The fourth-order valence-electron chi connectivity index (χ4n) is 0. The Morgan fingerprint density at radius 1 is 0.524 bits per heavy atom. The second kappa shape index (κ2) is 26.2. The van der Waals surface area contributed by atoms with Crippen molar-refractivity contribution in [1.29, 1.82) is 0 Å². The Morgan fingerprint density at radius 3 is 0.571 bits per heavy atom. The first kappa shape index (κ1) is 31.1. The summed E-state index contributed by atoms with van der Waals surface area (Å²) in [6.45, 7) is 11.6. The van der Waals surface area contributed by atoms with Crippen LogP contribution in [0.15, 0.2) is 50.6 Å². The predicted octanol–water partition coefficient (Wildman–Crippen LogP) is -4.31. The maximum Gasteiger partial charge on any atom is 0.0636 e. The summed E-state index contributed by atoms with van der Waals surface area (Å²) in [5, 5.41) is 36.6. The van der Waals surface area contributed by atoms with E-state index in [0.29, 0.717) is 0 Å². The zero-order chi connectivity index (χ0) is 17.1. The molecule has 0 amide bonds. The van der Waals surface area contributed by atoms with Gasteiger partial charge in [0.25, 0.3) is 0 Å². The normalized spacial score (nSPS) is 6.10. The van der Waals surface area contributed by atoms with Crippen molar-refractivity contribution in [3.63, 3.8) is 0 Å². The van der Waals surface area contributed by atoms with Gasteiger partial charge in [0.1, 0.15) is 0 Å². The number of aliphatic carboxylic acids is 4. The third-order valence-electron chi connectivity index (χ3n) is 0.667. The van der Waals surface area contributed by atoms with Crippen molar-refractivity contribution in [2.45, 2.75) is 0 Å². The van der Waals surface area contributed by atoms with Gasteiger partial charge >= 0.3 is 0 Å². The summed E-state index contributed by atoms with van der Waals surface area (Å²) in [4.78, 5) is 36.6. The van der Waals surface area contributed by atoms with Gasteiger partial charge in [-0.1, -0.05) is 26.3 Å². The molecule has 0 heterocycles. The molecule has 0 bridgehead atoms. The maximum absolute atomic E-state index is 9.14. The Balaban J connectivity index is -0.0000000533. The van der Waals surface area contributed by atoms with E-state index in [1.54, 1.807) is 0 Å². The molecule has 21 heavy (non-hydrogen) atoms. The topological polar surface area (TPSA) is 161 Å². The van der Waals surface area contributed by atoms with Crippen molar-refractivity contribution in [1.82, 2.24) is 0 Å². The Hall–Kier alpha value is -2.47. The summed E-state index contributed by atoms with van der Waals surface area (Å²) >= 11 is 0. The van der Waals surface area contributed by atoms with E-state index < -0.39 is 23.9 Å². The summed E-state index contributed by atoms with van der Waals surface area (Å²) in [7, 11) is 0. The fraction of sp³-hybridized carbons (Fsp3) is 0. The van der Waals surface area contributed by atoms with Crippen molar-refractivity contribution in [2.75, 3.05) is 0 Å². The Labute approximate surface area is 135 Å². The van der Waals surface area contributed by atoms with Gasteiger partial charge in [-0.3, -0.25) is 0 Å². The third-order valence-corrected chi connectivity index (χ3v) is 0.667. The van der Waals surface area contributed by atoms with Crippen LogP contribution in [-0.2, 0) is 40.2 Å². The van der Waals surface area contributed by atoms with Crippen molar-refractivity contribution in [3.8, 4) is 0 Å². The molecule has 0 aromatic rings. The van der Waals surface area contributed by atoms with Gasteiger partial charge in [-0.2, -0.15) is 0 Å². The standard InChI is InChI=1S/4C3H4O2.W/c4*1-2-3(4)5;/h4*2H,1H2,(H,4,5);/p-4. The average molecular weight is 468 g/mol. The smallest absolute Gasteiger partial charge is 0.0636 e. The minimum Gasteiger partial charge on any atom is -0.545 e. The molecule has 0 saturated carbocycles. The molecule has 0 spiro atoms. The molecular formula is C12H12O8W-4. The molecule has 0 radical (unpaired) electrons.